The van der Waals surface area contributed by atoms with Crippen molar-refractivity contribution in [3.05, 3.63) is 57.6 Å². The summed E-state index contributed by atoms with van der Waals surface area (Å²) in [5, 5.41) is -0.148. The number of aromatic nitrogens is 2. The van der Waals surface area contributed by atoms with Crippen LogP contribution in [0.25, 0.3) is 0 Å². The molecule has 1 aromatic heterocycles. The molecule has 2 aromatic rings. The Labute approximate surface area is 162 Å². The van der Waals surface area contributed by atoms with Gasteiger partial charge < -0.3 is 4.55 Å². The van der Waals surface area contributed by atoms with Crippen molar-refractivity contribution in [1.29, 1.82) is 0 Å². The third-order valence-corrected chi connectivity index (χ3v) is 5.36. The van der Waals surface area contributed by atoms with Crippen LogP contribution in [-0.4, -0.2) is 19.3 Å². The molecule has 1 aromatic carbocycles. The maximum atomic E-state index is 13.1. The van der Waals surface area contributed by atoms with E-state index < -0.39 is 39.0 Å². The van der Waals surface area contributed by atoms with E-state index in [1.165, 1.54) is 0 Å². The van der Waals surface area contributed by atoms with Crippen molar-refractivity contribution >= 4 is 34.6 Å². The molecule has 0 saturated carbocycles. The Kier molecular flexibility index (Phi) is 6.45. The molecule has 10 heteroatoms. The second-order valence-corrected chi connectivity index (χ2v) is 9.25. The lowest BCUT2D eigenvalue weighted by atomic mass is 10.1. The number of benzene rings is 1. The molecular formula is C16H16Cl2F3N3OS. The number of halogens is 5. The highest BCUT2D eigenvalue weighted by Gasteiger charge is 2.38. The third-order valence-electron chi connectivity index (χ3n) is 3.27. The van der Waals surface area contributed by atoms with Gasteiger partial charge in [0.25, 0.3) is 0 Å². The third kappa shape index (κ3) is 5.23. The zero-order valence-corrected chi connectivity index (χ0v) is 16.4. The second-order valence-electron chi connectivity index (χ2n) is 6.41. The van der Waals surface area contributed by atoms with Crippen molar-refractivity contribution in [3.63, 3.8) is 0 Å². The summed E-state index contributed by atoms with van der Waals surface area (Å²) in [4.78, 5) is 7.49. The fourth-order valence-corrected chi connectivity index (χ4v) is 3.06. The van der Waals surface area contributed by atoms with Crippen LogP contribution in [0.2, 0.25) is 10.0 Å². The van der Waals surface area contributed by atoms with Gasteiger partial charge in [0.05, 0.1) is 5.02 Å². The highest BCUT2D eigenvalue weighted by Crippen LogP contribution is 2.34. The standard InChI is InChI=1S/C16H16Cl2F3N3OS/c1-15(2,3)26(25)24-12(9-4-6-10(17)7-5-9)14-22-8-11(18)13(23-14)16(19,20)21/h4-8,12,24H,1-3H3/t12-,26?/m1/s1. The number of rotatable bonds is 4. The molecule has 1 N–H and O–H groups in total. The second kappa shape index (κ2) is 7.90. The van der Waals surface area contributed by atoms with Crippen LogP contribution in [0.15, 0.2) is 30.5 Å². The Bertz CT molecular complexity index is 767. The molecule has 4 nitrogen and oxygen atoms in total. The first-order valence-corrected chi connectivity index (χ1v) is 9.33. The molecule has 26 heavy (non-hydrogen) atoms. The summed E-state index contributed by atoms with van der Waals surface area (Å²) < 4.78 is 54.0. The zero-order valence-electron chi connectivity index (χ0n) is 14.1. The van der Waals surface area contributed by atoms with E-state index in [0.29, 0.717) is 10.6 Å². The first-order valence-electron chi connectivity index (χ1n) is 7.42. The highest BCUT2D eigenvalue weighted by molar-refractivity contribution is 7.90. The van der Waals surface area contributed by atoms with Crippen molar-refractivity contribution in [3.8, 4) is 0 Å². The zero-order chi connectivity index (χ0) is 19.7. The summed E-state index contributed by atoms with van der Waals surface area (Å²) in [6.07, 6.45) is -3.85. The van der Waals surface area contributed by atoms with Crippen LogP contribution in [0, 0.1) is 0 Å². The summed E-state index contributed by atoms with van der Waals surface area (Å²) in [5.41, 5.74) is -0.728. The van der Waals surface area contributed by atoms with Gasteiger partial charge in [0.2, 0.25) is 0 Å². The molecule has 0 bridgehead atoms. The molecule has 1 heterocycles. The minimum absolute atomic E-state index is 0.193. The van der Waals surface area contributed by atoms with Gasteiger partial charge in [0.15, 0.2) is 11.5 Å². The van der Waals surface area contributed by atoms with E-state index in [-0.39, 0.29) is 5.82 Å². The van der Waals surface area contributed by atoms with Crippen molar-refractivity contribution in [2.75, 3.05) is 0 Å². The molecule has 0 radical (unpaired) electrons. The first-order chi connectivity index (χ1) is 11.9. The fourth-order valence-electron chi connectivity index (χ4n) is 1.93. The number of nitrogens with one attached hydrogen (secondary N) is 1. The van der Waals surface area contributed by atoms with Gasteiger partial charge in [-0.15, -0.1) is 4.72 Å². The van der Waals surface area contributed by atoms with Crippen molar-refractivity contribution in [2.24, 2.45) is 0 Å². The summed E-state index contributed by atoms with van der Waals surface area (Å²) >= 11 is 9.87. The van der Waals surface area contributed by atoms with Crippen LogP contribution in [0.4, 0.5) is 13.2 Å². The van der Waals surface area contributed by atoms with Crippen LogP contribution >= 0.6 is 23.2 Å². The Morgan fingerprint density at radius 2 is 1.69 bits per heavy atom. The van der Waals surface area contributed by atoms with Crippen LogP contribution < -0.4 is 4.72 Å². The van der Waals surface area contributed by atoms with E-state index in [4.69, 9.17) is 23.2 Å². The minimum Gasteiger partial charge on any atom is -0.598 e. The predicted octanol–water partition coefficient (Wildman–Crippen LogP) is 4.94. The lowest BCUT2D eigenvalue weighted by Crippen LogP contribution is -2.42. The molecule has 0 aliphatic rings. The fraction of sp³-hybridized carbons (Fsp3) is 0.375. The van der Waals surface area contributed by atoms with Gasteiger partial charge in [-0.05, 0) is 38.5 Å². The van der Waals surface area contributed by atoms with E-state index in [1.54, 1.807) is 45.0 Å². The largest absolute Gasteiger partial charge is 0.598 e. The molecule has 0 saturated heterocycles. The monoisotopic (exact) mass is 425 g/mol. The summed E-state index contributed by atoms with van der Waals surface area (Å²) in [7, 11) is 0. The van der Waals surface area contributed by atoms with E-state index in [1.807, 2.05) is 0 Å². The van der Waals surface area contributed by atoms with Gasteiger partial charge in [-0.1, -0.05) is 35.3 Å². The predicted molar refractivity (Wildman–Crippen MR) is 96.4 cm³/mol. The number of nitrogens with zero attached hydrogens (tertiary/aromatic N) is 2. The molecule has 0 aliphatic heterocycles. The Morgan fingerprint density at radius 1 is 1.12 bits per heavy atom. The highest BCUT2D eigenvalue weighted by atomic mass is 35.5. The lowest BCUT2D eigenvalue weighted by Gasteiger charge is -2.27. The van der Waals surface area contributed by atoms with E-state index >= 15 is 0 Å². The van der Waals surface area contributed by atoms with E-state index in [2.05, 4.69) is 14.7 Å². The quantitative estimate of drug-likeness (QED) is 0.704. The number of hydrogen-bond acceptors (Lipinski definition) is 4. The average Bonchev–Trinajstić information content (AvgIpc) is 2.52. The van der Waals surface area contributed by atoms with E-state index in [9.17, 15) is 17.7 Å². The van der Waals surface area contributed by atoms with Crippen LogP contribution in [-0.2, 0) is 17.5 Å². The van der Waals surface area contributed by atoms with Crippen LogP contribution in [0.5, 0.6) is 0 Å². The minimum atomic E-state index is -4.73. The molecule has 2 atom stereocenters. The number of alkyl halides is 3. The molecule has 142 valence electrons. The Balaban J connectivity index is 2.52. The van der Waals surface area contributed by atoms with Gasteiger partial charge in [-0.2, -0.15) is 13.2 Å². The normalized spacial score (nSPS) is 15.0. The molecule has 0 fully saturated rings. The number of hydrogen-bond donors (Lipinski definition) is 1. The van der Waals surface area contributed by atoms with Crippen LogP contribution in [0.3, 0.4) is 0 Å². The Hall–Kier alpha value is -1.06. The Morgan fingerprint density at radius 3 is 2.19 bits per heavy atom. The first kappa shape index (κ1) is 21.2. The van der Waals surface area contributed by atoms with Crippen molar-refractivity contribution in [1.82, 2.24) is 14.7 Å². The van der Waals surface area contributed by atoms with Gasteiger partial charge >= 0.3 is 6.18 Å². The summed E-state index contributed by atoms with van der Waals surface area (Å²) in [5.74, 6) is -0.193. The van der Waals surface area contributed by atoms with Gasteiger partial charge in [0, 0.05) is 22.6 Å². The van der Waals surface area contributed by atoms with Gasteiger partial charge in [0.1, 0.15) is 10.8 Å². The van der Waals surface area contributed by atoms with E-state index in [0.717, 1.165) is 6.20 Å². The summed E-state index contributed by atoms with van der Waals surface area (Å²) in [6.45, 7) is 5.21. The maximum Gasteiger partial charge on any atom is 0.434 e. The summed E-state index contributed by atoms with van der Waals surface area (Å²) in [6, 6.07) is 5.42. The van der Waals surface area contributed by atoms with Crippen LogP contribution in [0.1, 0.15) is 43.9 Å². The molecule has 0 spiro atoms. The van der Waals surface area contributed by atoms with Gasteiger partial charge in [-0.25, -0.2) is 9.97 Å². The van der Waals surface area contributed by atoms with Gasteiger partial charge in [-0.3, -0.25) is 0 Å². The lowest BCUT2D eigenvalue weighted by molar-refractivity contribution is -0.141. The maximum absolute atomic E-state index is 13.1. The topological polar surface area (TPSA) is 60.9 Å². The van der Waals surface area contributed by atoms with Crippen molar-refractivity contribution < 1.29 is 17.7 Å². The molecule has 0 amide bonds. The smallest absolute Gasteiger partial charge is 0.434 e. The molecule has 2 rings (SSSR count). The SMILES string of the molecule is CC(C)(C)[S+]([O-])N[C@H](c1ccc(Cl)cc1)c1ncc(Cl)c(C(F)(F)F)n1. The van der Waals surface area contributed by atoms with Crippen molar-refractivity contribution in [2.45, 2.75) is 37.7 Å². The average molecular weight is 426 g/mol. The molecule has 0 aliphatic carbocycles. The molecular weight excluding hydrogens is 410 g/mol. The molecule has 1 unspecified atom stereocenters.